The van der Waals surface area contributed by atoms with E-state index in [9.17, 15) is 0 Å². The van der Waals surface area contributed by atoms with Crippen LogP contribution < -0.4 is 0 Å². The Bertz CT molecular complexity index is 102. The highest BCUT2D eigenvalue weighted by Crippen LogP contribution is 2.01. The normalized spacial score (nSPS) is 9.45. The first-order valence-corrected chi connectivity index (χ1v) is 4.43. The summed E-state index contributed by atoms with van der Waals surface area (Å²) in [6, 6.07) is 0. The van der Waals surface area contributed by atoms with Gasteiger partial charge in [0.2, 0.25) is 0 Å². The zero-order valence-electron chi connectivity index (χ0n) is 7.44. The fourth-order valence-electron chi connectivity index (χ4n) is 0.939. The van der Waals surface area contributed by atoms with Gasteiger partial charge in [0.05, 0.1) is 0 Å². The third-order valence-corrected chi connectivity index (χ3v) is 1.58. The smallest absolute Gasteiger partial charge is 0.107 e. The minimum absolute atomic E-state index is 0.466. The molecule has 0 spiro atoms. The predicted molar refractivity (Wildman–Crippen MR) is 48.4 cm³/mol. The van der Waals surface area contributed by atoms with Crippen LogP contribution in [0, 0.1) is 12.3 Å². The van der Waals surface area contributed by atoms with Gasteiger partial charge in [0.25, 0.3) is 0 Å². The SMILES string of the molecule is C#CCOCCCCCCC. The van der Waals surface area contributed by atoms with Crippen LogP contribution in [0.15, 0.2) is 0 Å². The first kappa shape index (κ1) is 10.5. The molecule has 0 aliphatic heterocycles. The summed E-state index contributed by atoms with van der Waals surface area (Å²) in [5.41, 5.74) is 0. The second kappa shape index (κ2) is 9.52. The summed E-state index contributed by atoms with van der Waals surface area (Å²) >= 11 is 0. The van der Waals surface area contributed by atoms with Gasteiger partial charge in [-0.1, -0.05) is 38.5 Å². The van der Waals surface area contributed by atoms with Gasteiger partial charge in [0.15, 0.2) is 0 Å². The third-order valence-electron chi connectivity index (χ3n) is 1.58. The number of ether oxygens (including phenoxy) is 1. The third kappa shape index (κ3) is 9.52. The maximum Gasteiger partial charge on any atom is 0.107 e. The number of rotatable bonds is 7. The fraction of sp³-hybridized carbons (Fsp3) is 0.800. The number of hydrogen-bond acceptors (Lipinski definition) is 1. The number of terminal acetylenes is 1. The summed E-state index contributed by atoms with van der Waals surface area (Å²) in [5, 5.41) is 0. The molecule has 0 aromatic heterocycles. The monoisotopic (exact) mass is 154 g/mol. The summed E-state index contributed by atoms with van der Waals surface area (Å²) < 4.78 is 5.13. The Kier molecular flexibility index (Phi) is 9.10. The Morgan fingerprint density at radius 2 is 1.91 bits per heavy atom. The largest absolute Gasteiger partial charge is 0.369 e. The van der Waals surface area contributed by atoms with Crippen LogP contribution in [-0.2, 0) is 4.74 Å². The van der Waals surface area contributed by atoms with Crippen molar-refractivity contribution in [3.05, 3.63) is 0 Å². The van der Waals surface area contributed by atoms with Crippen LogP contribution in [0.1, 0.15) is 39.0 Å². The predicted octanol–water partition coefficient (Wildman–Crippen LogP) is 2.61. The average Bonchev–Trinajstić information content (AvgIpc) is 2.03. The molecule has 0 bridgehead atoms. The molecule has 0 atom stereocenters. The standard InChI is InChI=1S/C10H18O/c1-3-5-6-7-8-10-11-9-4-2/h2H,3,5-10H2,1H3. The van der Waals surface area contributed by atoms with Crippen LogP contribution in [0.5, 0.6) is 0 Å². The van der Waals surface area contributed by atoms with Crippen LogP contribution >= 0.6 is 0 Å². The van der Waals surface area contributed by atoms with E-state index in [0.717, 1.165) is 13.0 Å². The first-order valence-electron chi connectivity index (χ1n) is 4.43. The molecule has 0 rings (SSSR count). The van der Waals surface area contributed by atoms with Gasteiger partial charge in [-0.25, -0.2) is 0 Å². The molecule has 0 unspecified atom stereocenters. The Labute approximate surface area is 70.1 Å². The molecule has 0 heterocycles. The summed E-state index contributed by atoms with van der Waals surface area (Å²) in [6.07, 6.45) is 11.4. The fourth-order valence-corrected chi connectivity index (χ4v) is 0.939. The Morgan fingerprint density at radius 3 is 2.55 bits per heavy atom. The van der Waals surface area contributed by atoms with Crippen molar-refractivity contribution < 1.29 is 4.74 Å². The first-order chi connectivity index (χ1) is 5.41. The van der Waals surface area contributed by atoms with Crippen LogP contribution in [0.4, 0.5) is 0 Å². The highest BCUT2D eigenvalue weighted by Gasteiger charge is 1.87. The van der Waals surface area contributed by atoms with Crippen LogP contribution in [0.25, 0.3) is 0 Å². The van der Waals surface area contributed by atoms with Crippen LogP contribution in [-0.4, -0.2) is 13.2 Å². The second-order valence-corrected chi connectivity index (χ2v) is 2.67. The van der Waals surface area contributed by atoms with Gasteiger partial charge < -0.3 is 4.74 Å². The molecule has 0 radical (unpaired) electrons. The van der Waals surface area contributed by atoms with Crippen molar-refractivity contribution in [2.75, 3.05) is 13.2 Å². The van der Waals surface area contributed by atoms with Crippen molar-refractivity contribution in [2.45, 2.75) is 39.0 Å². The van der Waals surface area contributed by atoms with Crippen LogP contribution in [0.2, 0.25) is 0 Å². The van der Waals surface area contributed by atoms with E-state index in [4.69, 9.17) is 11.2 Å². The van der Waals surface area contributed by atoms with E-state index in [1.165, 1.54) is 25.7 Å². The zero-order chi connectivity index (χ0) is 8.36. The van der Waals surface area contributed by atoms with Crippen molar-refractivity contribution in [2.24, 2.45) is 0 Å². The molecule has 0 amide bonds. The highest BCUT2D eigenvalue weighted by atomic mass is 16.5. The van der Waals surface area contributed by atoms with Crippen molar-refractivity contribution in [3.63, 3.8) is 0 Å². The quantitative estimate of drug-likeness (QED) is 0.404. The molecule has 0 N–H and O–H groups in total. The Hall–Kier alpha value is -0.480. The van der Waals surface area contributed by atoms with E-state index in [-0.39, 0.29) is 0 Å². The molecule has 1 nitrogen and oxygen atoms in total. The summed E-state index contributed by atoms with van der Waals surface area (Å²) in [7, 11) is 0. The van der Waals surface area contributed by atoms with Crippen molar-refractivity contribution in [3.8, 4) is 12.3 Å². The lowest BCUT2D eigenvalue weighted by Crippen LogP contribution is -1.94. The molecule has 0 aliphatic carbocycles. The van der Waals surface area contributed by atoms with E-state index in [0.29, 0.717) is 6.61 Å². The molecule has 0 saturated heterocycles. The minimum Gasteiger partial charge on any atom is -0.369 e. The van der Waals surface area contributed by atoms with Gasteiger partial charge >= 0.3 is 0 Å². The summed E-state index contributed by atoms with van der Waals surface area (Å²) in [4.78, 5) is 0. The molecular weight excluding hydrogens is 136 g/mol. The van der Waals surface area contributed by atoms with E-state index in [2.05, 4.69) is 12.8 Å². The van der Waals surface area contributed by atoms with Gasteiger partial charge in [0.1, 0.15) is 6.61 Å². The minimum atomic E-state index is 0.466. The highest BCUT2D eigenvalue weighted by molar-refractivity contribution is 4.82. The molecule has 11 heavy (non-hydrogen) atoms. The lowest BCUT2D eigenvalue weighted by atomic mass is 10.2. The van der Waals surface area contributed by atoms with E-state index >= 15 is 0 Å². The lowest BCUT2D eigenvalue weighted by Gasteiger charge is -1.99. The number of unbranched alkanes of at least 4 members (excludes halogenated alkanes) is 4. The van der Waals surface area contributed by atoms with Crippen molar-refractivity contribution in [1.29, 1.82) is 0 Å². The molecule has 0 saturated carbocycles. The summed E-state index contributed by atoms with van der Waals surface area (Å²) in [6.45, 7) is 3.51. The van der Waals surface area contributed by atoms with Crippen LogP contribution in [0.3, 0.4) is 0 Å². The Balaban J connectivity index is 2.75. The molecule has 64 valence electrons. The van der Waals surface area contributed by atoms with Gasteiger partial charge in [0, 0.05) is 6.61 Å². The maximum absolute atomic E-state index is 5.13. The topological polar surface area (TPSA) is 9.23 Å². The molecule has 0 fully saturated rings. The molecule has 1 heteroatoms. The second-order valence-electron chi connectivity index (χ2n) is 2.67. The van der Waals surface area contributed by atoms with E-state index < -0.39 is 0 Å². The van der Waals surface area contributed by atoms with Gasteiger partial charge in [-0.05, 0) is 6.42 Å². The van der Waals surface area contributed by atoms with Gasteiger partial charge in [-0.3, -0.25) is 0 Å². The average molecular weight is 154 g/mol. The molecule has 0 aromatic carbocycles. The zero-order valence-corrected chi connectivity index (χ0v) is 7.44. The maximum atomic E-state index is 5.13. The van der Waals surface area contributed by atoms with Crippen molar-refractivity contribution >= 4 is 0 Å². The van der Waals surface area contributed by atoms with Crippen molar-refractivity contribution in [1.82, 2.24) is 0 Å². The molecular formula is C10H18O. The Morgan fingerprint density at radius 1 is 1.18 bits per heavy atom. The van der Waals surface area contributed by atoms with E-state index in [1.54, 1.807) is 0 Å². The molecule has 0 aromatic rings. The molecule has 0 aliphatic rings. The van der Waals surface area contributed by atoms with Gasteiger partial charge in [-0.2, -0.15) is 0 Å². The van der Waals surface area contributed by atoms with Gasteiger partial charge in [-0.15, -0.1) is 6.42 Å². The summed E-state index contributed by atoms with van der Waals surface area (Å²) in [5.74, 6) is 2.45. The number of hydrogen-bond donors (Lipinski definition) is 0. The van der Waals surface area contributed by atoms with E-state index in [1.807, 2.05) is 0 Å². The lowest BCUT2D eigenvalue weighted by molar-refractivity contribution is 0.162.